The van der Waals surface area contributed by atoms with Gasteiger partial charge >= 0.3 is 11.9 Å². The third-order valence-electron chi connectivity index (χ3n) is 5.89. The van der Waals surface area contributed by atoms with Crippen LogP contribution in [0.2, 0.25) is 0 Å². The van der Waals surface area contributed by atoms with Gasteiger partial charge in [-0.15, -0.1) is 0 Å². The molecule has 0 amide bonds. The molecule has 0 atom stereocenters. The fraction of sp³-hybridized carbons (Fsp3) is 0.517. The van der Waals surface area contributed by atoms with Crippen molar-refractivity contribution in [2.75, 3.05) is 13.6 Å². The number of hydrogen-bond acceptors (Lipinski definition) is 6. The van der Waals surface area contributed by atoms with Gasteiger partial charge in [-0.2, -0.15) is 0 Å². The van der Waals surface area contributed by atoms with Crippen LogP contribution in [0.3, 0.4) is 0 Å². The van der Waals surface area contributed by atoms with E-state index in [1.54, 1.807) is 0 Å². The largest absolute Gasteiger partial charge is 0.457 e. The molecule has 192 valence electrons. The van der Waals surface area contributed by atoms with Gasteiger partial charge in [-0.25, -0.2) is 0 Å². The van der Waals surface area contributed by atoms with Crippen molar-refractivity contribution in [1.82, 2.24) is 0 Å². The third-order valence-corrected chi connectivity index (χ3v) is 5.89. The van der Waals surface area contributed by atoms with Crippen molar-refractivity contribution in [2.45, 2.75) is 72.6 Å². The van der Waals surface area contributed by atoms with Crippen LogP contribution < -0.4 is 9.47 Å². The van der Waals surface area contributed by atoms with Crippen LogP contribution >= 0.6 is 0 Å². The van der Waals surface area contributed by atoms with E-state index >= 15 is 0 Å². The second kappa shape index (κ2) is 13.8. The average Bonchev–Trinajstić information content (AvgIpc) is 2.82. The quantitative estimate of drug-likeness (QED) is 0.221. The Balaban J connectivity index is 1.84. The van der Waals surface area contributed by atoms with Crippen molar-refractivity contribution in [2.24, 2.45) is 11.8 Å². The Morgan fingerprint density at radius 2 is 1.00 bits per heavy atom. The van der Waals surface area contributed by atoms with E-state index in [4.69, 9.17) is 18.9 Å². The highest BCUT2D eigenvalue weighted by atomic mass is 16.7. The number of hydrogen-bond donors (Lipinski definition) is 0. The maximum absolute atomic E-state index is 11.7. The summed E-state index contributed by atoms with van der Waals surface area (Å²) >= 11 is 0. The molecule has 0 aliphatic rings. The molecule has 6 heteroatoms. The SMILES string of the molecule is CC(C)CCC(=O)OCOc1ccc(C(C)(C)c2ccc(OCOC(=O)CCC(C)C)cc2)cc1. The topological polar surface area (TPSA) is 71.1 Å². The Bertz CT molecular complexity index is 838. The molecule has 0 N–H and O–H groups in total. The summed E-state index contributed by atoms with van der Waals surface area (Å²) in [7, 11) is 0. The summed E-state index contributed by atoms with van der Waals surface area (Å²) in [6, 6.07) is 15.6. The van der Waals surface area contributed by atoms with E-state index in [0.29, 0.717) is 36.2 Å². The van der Waals surface area contributed by atoms with E-state index in [1.165, 1.54) is 0 Å². The molecule has 0 bridgehead atoms. The van der Waals surface area contributed by atoms with Gasteiger partial charge in [-0.3, -0.25) is 9.59 Å². The minimum Gasteiger partial charge on any atom is -0.457 e. The summed E-state index contributed by atoms with van der Waals surface area (Å²) in [6.45, 7) is 12.4. The van der Waals surface area contributed by atoms with Crippen molar-refractivity contribution in [3.63, 3.8) is 0 Å². The lowest BCUT2D eigenvalue weighted by atomic mass is 9.78. The first-order valence-corrected chi connectivity index (χ1v) is 12.4. The van der Waals surface area contributed by atoms with Crippen LogP contribution in [0.4, 0.5) is 0 Å². The summed E-state index contributed by atoms with van der Waals surface area (Å²) in [5.41, 5.74) is 1.99. The van der Waals surface area contributed by atoms with Crippen LogP contribution in [0.15, 0.2) is 48.5 Å². The standard InChI is InChI=1S/C29H40O6/c1-21(2)7-17-27(30)34-19-32-25-13-9-23(10-14-25)29(5,6)24-11-15-26(16-12-24)33-20-35-28(31)18-8-22(3)4/h9-16,21-22H,7-8,17-20H2,1-6H3. The first-order valence-electron chi connectivity index (χ1n) is 12.4. The molecule has 2 aromatic carbocycles. The van der Waals surface area contributed by atoms with E-state index in [-0.39, 0.29) is 30.9 Å². The average molecular weight is 485 g/mol. The molecule has 0 unspecified atom stereocenters. The molecule has 0 aliphatic carbocycles. The molecule has 0 spiro atoms. The van der Waals surface area contributed by atoms with E-state index in [0.717, 1.165) is 24.0 Å². The van der Waals surface area contributed by atoms with Gasteiger partial charge in [0, 0.05) is 18.3 Å². The summed E-state index contributed by atoms with van der Waals surface area (Å²) in [5, 5.41) is 0. The molecule has 0 fully saturated rings. The molecule has 0 radical (unpaired) electrons. The predicted molar refractivity (Wildman–Crippen MR) is 136 cm³/mol. The van der Waals surface area contributed by atoms with Gasteiger partial charge in [-0.05, 0) is 60.1 Å². The summed E-state index contributed by atoms with van der Waals surface area (Å²) in [5.74, 6) is 1.74. The number of ether oxygens (including phenoxy) is 4. The Kier molecular flexibility index (Phi) is 11.1. The zero-order valence-corrected chi connectivity index (χ0v) is 22.0. The third kappa shape index (κ3) is 10.0. The van der Waals surface area contributed by atoms with Gasteiger partial charge in [-0.1, -0.05) is 65.8 Å². The number of rotatable bonds is 14. The predicted octanol–water partition coefficient (Wildman–Crippen LogP) is 6.64. The van der Waals surface area contributed by atoms with Crippen molar-refractivity contribution in [1.29, 1.82) is 0 Å². The first kappa shape index (κ1) is 28.2. The normalized spacial score (nSPS) is 11.4. The zero-order valence-electron chi connectivity index (χ0n) is 22.0. The van der Waals surface area contributed by atoms with Gasteiger partial charge in [0.15, 0.2) is 0 Å². The van der Waals surface area contributed by atoms with Crippen molar-refractivity contribution in [3.05, 3.63) is 59.7 Å². The highest BCUT2D eigenvalue weighted by molar-refractivity contribution is 5.69. The second-order valence-electron chi connectivity index (χ2n) is 10.1. The molecule has 2 rings (SSSR count). The fourth-order valence-electron chi connectivity index (χ4n) is 3.39. The minimum atomic E-state index is -0.246. The van der Waals surface area contributed by atoms with E-state index < -0.39 is 0 Å². The van der Waals surface area contributed by atoms with E-state index in [2.05, 4.69) is 41.5 Å². The van der Waals surface area contributed by atoms with Gasteiger partial charge in [0.25, 0.3) is 0 Å². The number of carbonyl (C=O) groups excluding carboxylic acids is 2. The summed E-state index contributed by atoms with van der Waals surface area (Å²) in [6.07, 6.45) is 2.42. The van der Waals surface area contributed by atoms with Gasteiger partial charge in [0.1, 0.15) is 11.5 Å². The molecular weight excluding hydrogens is 444 g/mol. The minimum absolute atomic E-state index is 0.0891. The number of carbonyl (C=O) groups is 2. The van der Waals surface area contributed by atoms with Gasteiger partial charge < -0.3 is 18.9 Å². The van der Waals surface area contributed by atoms with Crippen molar-refractivity contribution >= 4 is 11.9 Å². The summed E-state index contributed by atoms with van der Waals surface area (Å²) < 4.78 is 21.4. The highest BCUT2D eigenvalue weighted by Crippen LogP contribution is 2.33. The number of benzene rings is 2. The lowest BCUT2D eigenvalue weighted by Gasteiger charge is -2.26. The molecule has 6 nitrogen and oxygen atoms in total. The lowest BCUT2D eigenvalue weighted by molar-refractivity contribution is -0.151. The van der Waals surface area contributed by atoms with Crippen LogP contribution in [0, 0.1) is 11.8 Å². The molecule has 0 saturated carbocycles. The lowest BCUT2D eigenvalue weighted by Crippen LogP contribution is -2.19. The molecule has 0 heterocycles. The Morgan fingerprint density at radius 3 is 1.31 bits per heavy atom. The van der Waals surface area contributed by atoms with Crippen LogP contribution in [-0.4, -0.2) is 25.5 Å². The molecule has 2 aromatic rings. The van der Waals surface area contributed by atoms with Gasteiger partial charge in [0.2, 0.25) is 13.6 Å². The van der Waals surface area contributed by atoms with Crippen LogP contribution in [0.5, 0.6) is 11.5 Å². The van der Waals surface area contributed by atoms with Crippen LogP contribution in [-0.2, 0) is 24.5 Å². The fourth-order valence-corrected chi connectivity index (χ4v) is 3.39. The molecule has 0 saturated heterocycles. The Labute approximate surface area is 209 Å². The number of esters is 2. The van der Waals surface area contributed by atoms with Crippen molar-refractivity contribution in [3.8, 4) is 11.5 Å². The Hall–Kier alpha value is -3.02. The first-order chi connectivity index (χ1) is 16.6. The summed E-state index contributed by atoms with van der Waals surface area (Å²) in [4.78, 5) is 23.4. The monoisotopic (exact) mass is 484 g/mol. The molecule has 0 aliphatic heterocycles. The van der Waals surface area contributed by atoms with Crippen molar-refractivity contribution < 1.29 is 28.5 Å². The molecular formula is C29H40O6. The van der Waals surface area contributed by atoms with E-state index in [9.17, 15) is 9.59 Å². The van der Waals surface area contributed by atoms with Gasteiger partial charge in [0.05, 0.1) is 0 Å². The molecule has 35 heavy (non-hydrogen) atoms. The molecule has 0 aromatic heterocycles. The smallest absolute Gasteiger partial charge is 0.308 e. The highest BCUT2D eigenvalue weighted by Gasteiger charge is 2.23. The Morgan fingerprint density at radius 1 is 0.657 bits per heavy atom. The van der Waals surface area contributed by atoms with E-state index in [1.807, 2.05) is 48.5 Å². The maximum Gasteiger partial charge on any atom is 0.308 e. The zero-order chi connectivity index (χ0) is 25.8. The maximum atomic E-state index is 11.7. The van der Waals surface area contributed by atoms with Crippen LogP contribution in [0.1, 0.15) is 78.4 Å². The second-order valence-corrected chi connectivity index (χ2v) is 10.1. The van der Waals surface area contributed by atoms with Crippen LogP contribution in [0.25, 0.3) is 0 Å².